The lowest BCUT2D eigenvalue weighted by molar-refractivity contribution is -0.142. The predicted octanol–water partition coefficient (Wildman–Crippen LogP) is 3.55. The van der Waals surface area contributed by atoms with E-state index in [0.29, 0.717) is 49.2 Å². The van der Waals surface area contributed by atoms with E-state index in [9.17, 15) is 19.8 Å². The van der Waals surface area contributed by atoms with Gasteiger partial charge >= 0.3 is 5.97 Å². The van der Waals surface area contributed by atoms with Crippen LogP contribution in [0.25, 0.3) is 0 Å². The number of piperidine rings is 1. The largest absolute Gasteiger partial charge is 0.481 e. The number of amides is 1. The first kappa shape index (κ1) is 23.0. The summed E-state index contributed by atoms with van der Waals surface area (Å²) in [6, 6.07) is 3.95. The number of aliphatic hydroxyl groups is 1. The third-order valence-corrected chi connectivity index (χ3v) is 9.44. The molecule has 1 amide bonds. The van der Waals surface area contributed by atoms with Gasteiger partial charge in [0.1, 0.15) is 10.8 Å². The van der Waals surface area contributed by atoms with Crippen molar-refractivity contribution in [1.82, 2.24) is 10.3 Å². The van der Waals surface area contributed by atoms with Crippen molar-refractivity contribution >= 4 is 29.5 Å². The molecule has 0 spiro atoms. The zero-order valence-corrected chi connectivity index (χ0v) is 20.1. The fraction of sp³-hybridized carbons (Fsp3) is 0.720. The Balaban J connectivity index is 1.31. The number of aliphatic carboxylic acids is 1. The Hall–Kier alpha value is -1.80. The molecule has 6 rings (SSSR count). The number of carboxylic acids is 1. The van der Waals surface area contributed by atoms with Crippen LogP contribution in [0.2, 0.25) is 0 Å². The molecule has 4 aliphatic carbocycles. The Morgan fingerprint density at radius 3 is 2.48 bits per heavy atom. The van der Waals surface area contributed by atoms with E-state index in [4.69, 9.17) is 4.98 Å². The first-order valence-corrected chi connectivity index (χ1v) is 13.5. The van der Waals surface area contributed by atoms with Gasteiger partial charge in [-0.25, -0.2) is 4.98 Å². The molecular formula is C25H35N3O4S. The number of nitrogens with zero attached hydrogens (tertiary/aromatic N) is 2. The third kappa shape index (κ3) is 4.61. The van der Waals surface area contributed by atoms with Crippen molar-refractivity contribution in [3.05, 3.63) is 17.7 Å². The van der Waals surface area contributed by atoms with E-state index in [1.165, 1.54) is 0 Å². The highest BCUT2D eigenvalue weighted by atomic mass is 32.2. The summed E-state index contributed by atoms with van der Waals surface area (Å²) in [4.78, 5) is 31.7. The van der Waals surface area contributed by atoms with Gasteiger partial charge in [-0.2, -0.15) is 0 Å². The molecule has 1 aromatic rings. The monoisotopic (exact) mass is 473 g/mol. The molecule has 4 saturated carbocycles. The lowest BCUT2D eigenvalue weighted by Gasteiger charge is -2.58. The summed E-state index contributed by atoms with van der Waals surface area (Å²) in [5.74, 6) is 2.03. The van der Waals surface area contributed by atoms with Crippen LogP contribution in [0.5, 0.6) is 0 Å². The molecule has 4 unspecified atom stereocenters. The molecule has 2 heterocycles. The van der Waals surface area contributed by atoms with Crippen molar-refractivity contribution in [2.75, 3.05) is 23.7 Å². The maximum absolute atomic E-state index is 13.4. The SMILES string of the molecule is CCCSc1nc(N2CCC(C(=O)O)CC2)ccc1C(=O)NC1C2CC3C[C@@H]1CC(O)(C3)C2. The molecule has 3 N–H and O–H groups in total. The van der Waals surface area contributed by atoms with Gasteiger partial charge in [-0.1, -0.05) is 6.92 Å². The molecule has 0 aromatic carbocycles. The summed E-state index contributed by atoms with van der Waals surface area (Å²) in [5.41, 5.74) is 0.127. The average Bonchev–Trinajstić information content (AvgIpc) is 2.78. The molecular weight excluding hydrogens is 438 g/mol. The highest BCUT2D eigenvalue weighted by Gasteiger charge is 2.55. The Morgan fingerprint density at radius 2 is 1.88 bits per heavy atom. The first-order valence-electron chi connectivity index (χ1n) is 12.5. The number of anilines is 1. The second-order valence-corrected chi connectivity index (χ2v) is 11.7. The highest BCUT2D eigenvalue weighted by molar-refractivity contribution is 7.99. The number of aromatic nitrogens is 1. The van der Waals surface area contributed by atoms with Crippen molar-refractivity contribution < 1.29 is 19.8 Å². The van der Waals surface area contributed by atoms with Gasteiger partial charge in [-0.05, 0) is 87.0 Å². The normalized spacial score (nSPS) is 33.3. The summed E-state index contributed by atoms with van der Waals surface area (Å²) in [5, 5.41) is 24.2. The Kier molecular flexibility index (Phi) is 6.33. The number of nitrogens with one attached hydrogen (secondary N) is 1. The van der Waals surface area contributed by atoms with Crippen molar-refractivity contribution in [1.29, 1.82) is 0 Å². The van der Waals surface area contributed by atoms with Crippen LogP contribution in [0.1, 0.15) is 68.6 Å². The standard InChI is InChI=1S/C25H35N3O4S/c1-2-9-33-23-19(3-4-20(26-23)28-7-5-16(6-8-28)24(30)31)22(29)27-21-17-10-15-11-18(21)14-25(32,12-15)13-17/h3-4,15-18,21,32H,2,5-14H2,1H3,(H,27,29)(H,30,31)/t15?,17-,18?,21?,25?/m1/s1. The number of carbonyl (C=O) groups excluding carboxylic acids is 1. The van der Waals surface area contributed by atoms with E-state index in [2.05, 4.69) is 17.1 Å². The maximum atomic E-state index is 13.4. The summed E-state index contributed by atoms with van der Waals surface area (Å²) in [6.07, 6.45) is 7.03. The third-order valence-electron chi connectivity index (χ3n) is 8.24. The number of rotatable bonds is 7. The quantitative estimate of drug-likeness (QED) is 0.521. The molecule has 5 aliphatic rings. The zero-order valence-electron chi connectivity index (χ0n) is 19.3. The van der Waals surface area contributed by atoms with Gasteiger partial charge in [-0.15, -0.1) is 11.8 Å². The lowest BCUT2D eigenvalue weighted by atomic mass is 9.52. The summed E-state index contributed by atoms with van der Waals surface area (Å²) >= 11 is 1.62. The van der Waals surface area contributed by atoms with Crippen LogP contribution < -0.4 is 10.2 Å². The van der Waals surface area contributed by atoms with E-state index >= 15 is 0 Å². The van der Waals surface area contributed by atoms with Crippen molar-refractivity contribution in [3.8, 4) is 0 Å². The number of carboxylic acid groups (broad SMARTS) is 1. The minimum absolute atomic E-state index is 0.0540. The van der Waals surface area contributed by atoms with Gasteiger partial charge in [0.15, 0.2) is 0 Å². The minimum Gasteiger partial charge on any atom is -0.481 e. The van der Waals surface area contributed by atoms with Crippen LogP contribution in [0.15, 0.2) is 17.2 Å². The number of pyridine rings is 1. The molecule has 4 bridgehead atoms. The van der Waals surface area contributed by atoms with Crippen LogP contribution in [-0.2, 0) is 4.79 Å². The van der Waals surface area contributed by atoms with Crippen LogP contribution in [0, 0.1) is 23.7 Å². The molecule has 0 radical (unpaired) electrons. The summed E-state index contributed by atoms with van der Waals surface area (Å²) < 4.78 is 0. The van der Waals surface area contributed by atoms with Crippen LogP contribution in [0.4, 0.5) is 5.82 Å². The second kappa shape index (κ2) is 9.10. The topological polar surface area (TPSA) is 103 Å². The van der Waals surface area contributed by atoms with Gasteiger partial charge in [0, 0.05) is 19.1 Å². The predicted molar refractivity (Wildman–Crippen MR) is 128 cm³/mol. The minimum atomic E-state index is -0.717. The van der Waals surface area contributed by atoms with Crippen molar-refractivity contribution in [2.45, 2.75) is 75.0 Å². The molecule has 7 nitrogen and oxygen atoms in total. The molecule has 1 aliphatic heterocycles. The zero-order chi connectivity index (χ0) is 23.2. The number of carbonyl (C=O) groups is 2. The Bertz CT molecular complexity index is 901. The molecule has 1 aromatic heterocycles. The van der Waals surface area contributed by atoms with Crippen LogP contribution in [-0.4, -0.2) is 57.6 Å². The summed E-state index contributed by atoms with van der Waals surface area (Å²) in [6.45, 7) is 3.46. The van der Waals surface area contributed by atoms with E-state index in [-0.39, 0.29) is 17.9 Å². The smallest absolute Gasteiger partial charge is 0.306 e. The summed E-state index contributed by atoms with van der Waals surface area (Å²) in [7, 11) is 0. The van der Waals surface area contributed by atoms with E-state index in [0.717, 1.165) is 55.1 Å². The van der Waals surface area contributed by atoms with Gasteiger partial charge < -0.3 is 20.4 Å². The van der Waals surface area contributed by atoms with Crippen LogP contribution >= 0.6 is 11.8 Å². The maximum Gasteiger partial charge on any atom is 0.306 e. The number of hydrogen-bond donors (Lipinski definition) is 3. The van der Waals surface area contributed by atoms with Gasteiger partial charge in [0.2, 0.25) is 0 Å². The lowest BCUT2D eigenvalue weighted by Crippen LogP contribution is -2.61. The molecule has 1 saturated heterocycles. The highest BCUT2D eigenvalue weighted by Crippen LogP contribution is 2.55. The van der Waals surface area contributed by atoms with Gasteiger partial charge in [0.25, 0.3) is 5.91 Å². The molecule has 5 atom stereocenters. The molecule has 180 valence electrons. The van der Waals surface area contributed by atoms with Gasteiger partial charge in [-0.3, -0.25) is 9.59 Å². The number of hydrogen-bond acceptors (Lipinski definition) is 6. The molecule has 33 heavy (non-hydrogen) atoms. The fourth-order valence-corrected chi connectivity index (χ4v) is 7.76. The van der Waals surface area contributed by atoms with Gasteiger partial charge in [0.05, 0.1) is 17.1 Å². The molecule has 8 heteroatoms. The fourth-order valence-electron chi connectivity index (χ4n) is 6.89. The van der Waals surface area contributed by atoms with Crippen molar-refractivity contribution in [3.63, 3.8) is 0 Å². The number of thioether (sulfide) groups is 1. The second-order valence-electron chi connectivity index (χ2n) is 10.7. The Labute approximate surface area is 199 Å². The first-order chi connectivity index (χ1) is 15.8. The van der Waals surface area contributed by atoms with E-state index < -0.39 is 11.6 Å². The molecule has 5 fully saturated rings. The van der Waals surface area contributed by atoms with Crippen molar-refractivity contribution in [2.24, 2.45) is 23.7 Å². The van der Waals surface area contributed by atoms with E-state index in [1.807, 2.05) is 12.1 Å². The Morgan fingerprint density at radius 1 is 1.18 bits per heavy atom. The van der Waals surface area contributed by atoms with Crippen LogP contribution in [0.3, 0.4) is 0 Å². The van der Waals surface area contributed by atoms with E-state index in [1.54, 1.807) is 11.8 Å². The average molecular weight is 474 g/mol.